The van der Waals surface area contributed by atoms with Gasteiger partial charge in [0.1, 0.15) is 18.2 Å². The van der Waals surface area contributed by atoms with Crippen molar-refractivity contribution in [1.82, 2.24) is 9.47 Å². The van der Waals surface area contributed by atoms with Gasteiger partial charge in [-0.05, 0) is 29.3 Å². The van der Waals surface area contributed by atoms with E-state index in [1.165, 1.54) is 36.8 Å². The number of aromatic nitrogens is 2. The first-order valence-corrected chi connectivity index (χ1v) is 16.1. The van der Waals surface area contributed by atoms with Crippen molar-refractivity contribution in [3.63, 3.8) is 0 Å². The second-order valence-electron chi connectivity index (χ2n) is 7.62. The van der Waals surface area contributed by atoms with Gasteiger partial charge in [0.2, 0.25) is 17.0 Å². The Morgan fingerprint density at radius 2 is 1.28 bits per heavy atom. The van der Waals surface area contributed by atoms with Crippen molar-refractivity contribution in [1.29, 1.82) is 0 Å². The molecule has 1 aliphatic rings. The summed E-state index contributed by atoms with van der Waals surface area (Å²) in [5, 5.41) is 0. The van der Waals surface area contributed by atoms with E-state index in [0.717, 1.165) is 4.57 Å². The molecule has 1 aliphatic heterocycles. The summed E-state index contributed by atoms with van der Waals surface area (Å²) in [6.07, 6.45) is 2.29. The number of imidazole rings is 1. The van der Waals surface area contributed by atoms with Crippen LogP contribution in [0.15, 0.2) is 60.4 Å². The molecule has 0 radical (unpaired) electrons. The number of hydrogen-bond donors (Lipinski definition) is 0. The van der Waals surface area contributed by atoms with Crippen LogP contribution in [0.25, 0.3) is 0 Å². The fourth-order valence-corrected chi connectivity index (χ4v) is 3.51. The third kappa shape index (κ3) is 24.4. The van der Waals surface area contributed by atoms with Crippen LogP contribution in [0, 0.1) is 9.39 Å². The molecule has 26 heteroatoms. The highest BCUT2D eigenvalue weighted by Gasteiger charge is 2.38. The average Bonchev–Trinajstić information content (AvgIpc) is 3.46. The summed E-state index contributed by atoms with van der Waals surface area (Å²) in [7, 11) is -8.63. The lowest BCUT2D eigenvalue weighted by Gasteiger charge is -2.08. The minimum absolute atomic E-state index is 0.417. The largest absolute Gasteiger partial charge is 0.741 e. The van der Waals surface area contributed by atoms with Crippen molar-refractivity contribution < 1.29 is 109 Å². The number of nitrogens with zero attached hydrogens (tertiary/aromatic N) is 4. The number of halogens is 14. The Balaban J connectivity index is 0. The van der Waals surface area contributed by atoms with Gasteiger partial charge >= 0.3 is 44.6 Å². The lowest BCUT2D eigenvalue weighted by atomic mass is 10.4. The summed E-state index contributed by atoms with van der Waals surface area (Å²) >= 11 is -1.07. The maximum absolute atomic E-state index is 12.4. The molecule has 0 bridgehead atoms. The van der Waals surface area contributed by atoms with Crippen molar-refractivity contribution in [2.45, 2.75) is 29.9 Å². The fourth-order valence-electron chi connectivity index (χ4n) is 1.76. The van der Waals surface area contributed by atoms with Gasteiger partial charge in [-0.1, -0.05) is 0 Å². The lowest BCUT2D eigenvalue weighted by molar-refractivity contribution is -0.671. The zero-order valence-corrected chi connectivity index (χ0v) is 26.2. The molecule has 0 spiro atoms. The first-order valence-electron chi connectivity index (χ1n) is 10.7. The van der Waals surface area contributed by atoms with E-state index in [1.807, 2.05) is 13.2 Å². The molecule has 264 valence electrons. The number of benzene rings is 1. The third-order valence-corrected chi connectivity index (χ3v) is 7.49. The molecule has 1 aromatic heterocycles. The minimum Gasteiger partial charge on any atom is -0.741 e. The summed E-state index contributed by atoms with van der Waals surface area (Å²) in [4.78, 5) is 5.42. The predicted molar refractivity (Wildman–Crippen MR) is 124 cm³/mol. The topological polar surface area (TPSA) is 139 Å². The molecule has 0 aliphatic carbocycles. The first kappa shape index (κ1) is 45.3. The van der Waals surface area contributed by atoms with E-state index in [9.17, 15) is 57.1 Å². The van der Waals surface area contributed by atoms with Gasteiger partial charge < -0.3 is 9.11 Å². The van der Waals surface area contributed by atoms with Gasteiger partial charge in [0.15, 0.2) is 36.6 Å². The van der Waals surface area contributed by atoms with Crippen LogP contribution in [0.5, 0.6) is 0 Å². The normalized spacial score (nSPS) is 13.1. The molecule has 0 amide bonds. The summed E-state index contributed by atoms with van der Waals surface area (Å²) in [6.45, 7) is -0.923. The van der Waals surface area contributed by atoms with Crippen molar-refractivity contribution in [3.05, 3.63) is 64.8 Å². The molecule has 0 saturated heterocycles. The lowest BCUT2D eigenvalue weighted by Crippen LogP contribution is -3.63. The van der Waals surface area contributed by atoms with Crippen LogP contribution < -0.4 is 25.8 Å². The van der Waals surface area contributed by atoms with Gasteiger partial charge in [-0.3, -0.25) is 0 Å². The molecule has 2 aromatic rings. The SMILES string of the molecule is CN1[C+]=NC=C1.C[n+]1ccn(CC(F)(F)F)c1.Fc1ccc([I+]CC(F)(F)F)cc1.O=S(=O)([O-])C(F)(F)F.O=S(=O)([O-])C(F)(F)F. The van der Waals surface area contributed by atoms with E-state index >= 15 is 0 Å². The molecule has 0 atom stereocenters. The van der Waals surface area contributed by atoms with Crippen LogP contribution in [-0.2, 0) is 33.8 Å². The molecular weight excluding hydrogens is 830 g/mol. The second kappa shape index (κ2) is 18.5. The van der Waals surface area contributed by atoms with Gasteiger partial charge in [0.05, 0.1) is 7.05 Å². The van der Waals surface area contributed by atoms with Gasteiger partial charge in [-0.15, -0.1) is 0 Å². The maximum atomic E-state index is 12.4. The summed E-state index contributed by atoms with van der Waals surface area (Å²) in [6, 6.07) is 5.19. The van der Waals surface area contributed by atoms with Gasteiger partial charge in [-0.25, -0.2) is 30.4 Å². The van der Waals surface area contributed by atoms with Crippen LogP contribution >= 0.6 is 0 Å². The molecule has 0 unspecified atom stereocenters. The van der Waals surface area contributed by atoms with Crippen molar-refractivity contribution in [2.24, 2.45) is 12.0 Å². The van der Waals surface area contributed by atoms with E-state index < -0.39 is 81.6 Å². The Morgan fingerprint density at radius 1 is 0.848 bits per heavy atom. The Hall–Kier alpha value is -2.81. The molecular formula is C20H19F13IN4O6S2+. The van der Waals surface area contributed by atoms with Crippen LogP contribution in [0.3, 0.4) is 0 Å². The second-order valence-corrected chi connectivity index (χ2v) is 13.1. The maximum Gasteiger partial charge on any atom is 0.485 e. The standard InChI is InChI=1S/C8H6F4I.C6H8F3N2.C4H5N2.2CHF3O3S/c9-6-1-3-7(4-2-6)13-5-8(10,11)12;1-10-2-3-11(5-10)4-6(7,8)9;1-6-3-2-5-4-6;2*2-1(3,4)8(5,6)7/h1-4H,5H2;2-3,5H,4H2,1H3;2-3H,1H3;2*(H,5,6,7)/q3*+1;;/p-2. The molecule has 1 aromatic carbocycles. The quantitative estimate of drug-likeness (QED) is 0.0853. The van der Waals surface area contributed by atoms with E-state index in [0.29, 0.717) is 3.57 Å². The van der Waals surface area contributed by atoms with Gasteiger partial charge in [0.25, 0.3) is 6.34 Å². The summed E-state index contributed by atoms with van der Waals surface area (Å²) in [5.41, 5.74) is -11.3. The van der Waals surface area contributed by atoms with Crippen LogP contribution in [0.2, 0.25) is 0 Å². The molecule has 46 heavy (non-hydrogen) atoms. The van der Waals surface area contributed by atoms with E-state index in [1.54, 1.807) is 28.9 Å². The Bertz CT molecular complexity index is 1400. The van der Waals surface area contributed by atoms with E-state index in [4.69, 9.17) is 25.9 Å². The number of hydrogen-bond acceptors (Lipinski definition) is 8. The van der Waals surface area contributed by atoms with Gasteiger partial charge in [-0.2, -0.15) is 57.6 Å². The van der Waals surface area contributed by atoms with E-state index in [-0.39, 0.29) is 0 Å². The molecule has 2 heterocycles. The highest BCUT2D eigenvalue weighted by atomic mass is 127. The number of alkyl halides is 13. The predicted octanol–water partition coefficient (Wildman–Crippen LogP) is 0.933. The minimum atomic E-state index is -6.09. The third-order valence-electron chi connectivity index (χ3n) is 3.51. The van der Waals surface area contributed by atoms with Crippen LogP contribution in [0.1, 0.15) is 0 Å². The first-order chi connectivity index (χ1) is 20.3. The Kier molecular flexibility index (Phi) is 18.2. The van der Waals surface area contributed by atoms with Crippen molar-refractivity contribution >= 4 is 26.6 Å². The van der Waals surface area contributed by atoms with Crippen LogP contribution in [0.4, 0.5) is 57.1 Å². The van der Waals surface area contributed by atoms with Gasteiger partial charge in [0, 0.05) is 7.05 Å². The highest BCUT2D eigenvalue weighted by molar-refractivity contribution is 7.86. The van der Waals surface area contributed by atoms with E-state index in [2.05, 4.69) is 11.3 Å². The highest BCUT2D eigenvalue weighted by Crippen LogP contribution is 2.21. The molecule has 10 nitrogen and oxygen atoms in total. The number of aryl methyl sites for hydroxylation is 1. The zero-order chi connectivity index (χ0) is 36.8. The number of rotatable bonds is 3. The summed E-state index contributed by atoms with van der Waals surface area (Å²) < 4.78 is 203. The van der Waals surface area contributed by atoms with Crippen molar-refractivity contribution in [3.8, 4) is 0 Å². The van der Waals surface area contributed by atoms with Crippen LogP contribution in [-0.4, -0.2) is 76.6 Å². The zero-order valence-electron chi connectivity index (χ0n) is 22.5. The average molecular weight is 849 g/mol. The molecule has 0 saturated carbocycles. The Morgan fingerprint density at radius 3 is 1.52 bits per heavy atom. The fraction of sp³-hybridized carbons (Fsp3) is 0.400. The number of aliphatic imine (C=N–C) groups is 1. The molecule has 0 fully saturated rings. The molecule has 3 rings (SSSR count). The monoisotopic (exact) mass is 849 g/mol. The smallest absolute Gasteiger partial charge is 0.485 e. The molecule has 0 N–H and O–H groups in total. The summed E-state index contributed by atoms with van der Waals surface area (Å²) in [5.74, 6) is -0.417. The Labute approximate surface area is 262 Å². The van der Waals surface area contributed by atoms with Crippen molar-refractivity contribution in [2.75, 3.05) is 11.5 Å².